The highest BCUT2D eigenvalue weighted by Gasteiger charge is 2.30. The number of halogens is 1. The normalized spacial score (nSPS) is 11.4. The maximum atomic E-state index is 12.7. The lowest BCUT2D eigenvalue weighted by molar-refractivity contribution is -0.118. The number of carbonyl (C=O) groups excluding carboxylic acids is 1. The molecule has 2 heterocycles. The Kier molecular flexibility index (Phi) is 5.86. The summed E-state index contributed by atoms with van der Waals surface area (Å²) < 4.78 is 1.64. The highest BCUT2D eigenvalue weighted by molar-refractivity contribution is 7.98. The molecule has 0 saturated heterocycles. The highest BCUT2D eigenvalue weighted by atomic mass is 35.5. The first-order valence-electron chi connectivity index (χ1n) is 7.32. The van der Waals surface area contributed by atoms with Crippen molar-refractivity contribution in [1.29, 1.82) is 0 Å². The van der Waals surface area contributed by atoms with Crippen molar-refractivity contribution in [3.8, 4) is 5.69 Å². The lowest BCUT2D eigenvalue weighted by Gasteiger charge is -2.35. The summed E-state index contributed by atoms with van der Waals surface area (Å²) in [5.74, 6) is 0.819. The van der Waals surface area contributed by atoms with Crippen molar-refractivity contribution in [1.82, 2.24) is 14.8 Å². The summed E-state index contributed by atoms with van der Waals surface area (Å²) in [6, 6.07) is 3.72. The van der Waals surface area contributed by atoms with Crippen molar-refractivity contribution < 1.29 is 4.79 Å². The minimum Gasteiger partial charge on any atom is -0.326 e. The third kappa shape index (κ3) is 4.35. The topological polar surface area (TPSA) is 51.0 Å². The van der Waals surface area contributed by atoms with Crippen LogP contribution in [0.3, 0.4) is 0 Å². The van der Waals surface area contributed by atoms with E-state index in [0.29, 0.717) is 17.3 Å². The lowest BCUT2D eigenvalue weighted by Crippen LogP contribution is -2.54. The molecule has 2 rings (SSSR count). The minimum atomic E-state index is -0.387. The van der Waals surface area contributed by atoms with Gasteiger partial charge in [-0.1, -0.05) is 11.6 Å². The third-order valence-electron chi connectivity index (χ3n) is 3.24. The standard InChI is InChI=1S/C13H18B3ClN4OS/c1-23-6-4-11(22)21(13(14,15)16)10-8-20(19-12(10)17)9-3-2-5-18-7-9/h2-3,5,7-8H,4,6,14-16H2,1H3. The van der Waals surface area contributed by atoms with Gasteiger partial charge in [-0.15, -0.1) is 0 Å². The number of nitrogens with zero attached hydrogens (tertiary/aromatic N) is 4. The maximum absolute atomic E-state index is 12.7. The fourth-order valence-electron chi connectivity index (χ4n) is 2.29. The molecule has 0 radical (unpaired) electrons. The molecule has 0 aromatic carbocycles. The van der Waals surface area contributed by atoms with E-state index in [2.05, 4.69) is 10.1 Å². The summed E-state index contributed by atoms with van der Waals surface area (Å²) in [6.45, 7) is 0. The molecule has 23 heavy (non-hydrogen) atoms. The number of pyridine rings is 1. The summed E-state index contributed by atoms with van der Waals surface area (Å²) >= 11 is 7.97. The number of anilines is 1. The number of carbonyl (C=O) groups is 1. The fourth-order valence-corrected chi connectivity index (χ4v) is 2.88. The van der Waals surface area contributed by atoms with Gasteiger partial charge >= 0.3 is 0 Å². The molecule has 0 saturated carbocycles. The van der Waals surface area contributed by atoms with Gasteiger partial charge in [-0.2, -0.15) is 16.9 Å². The molecule has 0 unspecified atom stereocenters. The number of hydrogen-bond donors (Lipinski definition) is 0. The van der Waals surface area contributed by atoms with E-state index in [1.807, 2.05) is 41.9 Å². The van der Waals surface area contributed by atoms with Gasteiger partial charge in [0, 0.05) is 18.4 Å². The third-order valence-corrected chi connectivity index (χ3v) is 4.12. The average molecular weight is 346 g/mol. The van der Waals surface area contributed by atoms with Crippen LogP contribution in [0, 0.1) is 0 Å². The zero-order valence-electron chi connectivity index (χ0n) is 13.8. The predicted octanol–water partition coefficient (Wildman–Crippen LogP) is -0.483. The van der Waals surface area contributed by atoms with Gasteiger partial charge in [0.1, 0.15) is 29.2 Å². The summed E-state index contributed by atoms with van der Waals surface area (Å²) in [6.07, 6.45) is 7.63. The molecule has 2 aromatic heterocycles. The first kappa shape index (κ1) is 18.0. The monoisotopic (exact) mass is 346 g/mol. The summed E-state index contributed by atoms with van der Waals surface area (Å²) in [4.78, 5) is 18.5. The van der Waals surface area contributed by atoms with E-state index in [0.717, 1.165) is 11.4 Å². The van der Waals surface area contributed by atoms with Crippen LogP contribution in [0.15, 0.2) is 30.7 Å². The van der Waals surface area contributed by atoms with Gasteiger partial charge in [-0.05, 0) is 23.6 Å². The van der Waals surface area contributed by atoms with E-state index in [-0.39, 0.29) is 11.1 Å². The van der Waals surface area contributed by atoms with Crippen LogP contribution in [0.2, 0.25) is 5.15 Å². The molecule has 5 nitrogen and oxygen atoms in total. The highest BCUT2D eigenvalue weighted by Crippen LogP contribution is 2.29. The number of hydrogen-bond acceptors (Lipinski definition) is 4. The Hall–Kier alpha value is -1.34. The van der Waals surface area contributed by atoms with Crippen molar-refractivity contribution >= 4 is 58.5 Å². The van der Waals surface area contributed by atoms with E-state index in [1.165, 1.54) is 0 Å². The van der Waals surface area contributed by atoms with Gasteiger partial charge in [0.2, 0.25) is 5.91 Å². The van der Waals surface area contributed by atoms with Crippen molar-refractivity contribution in [3.05, 3.63) is 35.9 Å². The Balaban J connectivity index is 2.40. The van der Waals surface area contributed by atoms with E-state index < -0.39 is 0 Å². The number of rotatable bonds is 6. The zero-order valence-corrected chi connectivity index (χ0v) is 15.4. The van der Waals surface area contributed by atoms with Crippen LogP contribution in [0.4, 0.5) is 5.69 Å². The molecule has 0 spiro atoms. The van der Waals surface area contributed by atoms with Crippen molar-refractivity contribution in [2.75, 3.05) is 16.9 Å². The second-order valence-electron chi connectivity index (χ2n) is 6.10. The van der Waals surface area contributed by atoms with Gasteiger partial charge in [-0.3, -0.25) is 9.78 Å². The Morgan fingerprint density at radius 1 is 1.48 bits per heavy atom. The van der Waals surface area contributed by atoms with Gasteiger partial charge in [0.25, 0.3) is 0 Å². The zero-order chi connectivity index (χ0) is 17.0. The Bertz CT molecular complexity index is 678. The van der Waals surface area contributed by atoms with E-state index in [4.69, 9.17) is 11.6 Å². The molecule has 0 aliphatic rings. The molecular formula is C13H18B3ClN4OS. The molecule has 0 atom stereocenters. The Morgan fingerprint density at radius 2 is 2.22 bits per heavy atom. The number of amides is 1. The van der Waals surface area contributed by atoms with E-state index in [9.17, 15) is 4.79 Å². The van der Waals surface area contributed by atoms with E-state index in [1.54, 1.807) is 39.9 Å². The molecule has 0 aliphatic carbocycles. The smallest absolute Gasteiger partial charge is 0.226 e. The Labute approximate surface area is 148 Å². The summed E-state index contributed by atoms with van der Waals surface area (Å²) in [5, 5.41) is 4.24. The molecule has 2 aromatic rings. The van der Waals surface area contributed by atoms with Crippen LogP contribution in [0.5, 0.6) is 0 Å². The van der Waals surface area contributed by atoms with Crippen LogP contribution in [-0.4, -0.2) is 61.5 Å². The van der Waals surface area contributed by atoms with Crippen LogP contribution < -0.4 is 4.90 Å². The number of thioether (sulfide) groups is 1. The van der Waals surface area contributed by atoms with Crippen LogP contribution in [0.25, 0.3) is 5.69 Å². The molecule has 118 valence electrons. The minimum absolute atomic E-state index is 0.0412. The lowest BCUT2D eigenvalue weighted by atomic mass is 9.48. The molecule has 0 fully saturated rings. The SMILES string of the molecule is BC(B)(B)N(C(=O)CCSC)c1cn(-c2cccnc2)nc1Cl. The average Bonchev–Trinajstić information content (AvgIpc) is 2.86. The van der Waals surface area contributed by atoms with Gasteiger partial charge in [0.05, 0.1) is 18.1 Å². The molecule has 0 N–H and O–H groups in total. The second kappa shape index (κ2) is 7.49. The maximum Gasteiger partial charge on any atom is 0.226 e. The van der Waals surface area contributed by atoms with Crippen molar-refractivity contribution in [2.45, 2.75) is 11.7 Å². The van der Waals surface area contributed by atoms with Crippen molar-refractivity contribution in [2.24, 2.45) is 0 Å². The van der Waals surface area contributed by atoms with E-state index >= 15 is 0 Å². The van der Waals surface area contributed by atoms with Crippen LogP contribution in [-0.2, 0) is 4.79 Å². The number of aromatic nitrogens is 3. The predicted molar refractivity (Wildman–Crippen MR) is 105 cm³/mol. The quantitative estimate of drug-likeness (QED) is 0.663. The van der Waals surface area contributed by atoms with Crippen LogP contribution in [0.1, 0.15) is 6.42 Å². The first-order valence-corrected chi connectivity index (χ1v) is 9.09. The largest absolute Gasteiger partial charge is 0.326 e. The summed E-state index contributed by atoms with van der Waals surface area (Å²) in [7, 11) is 5.96. The molecule has 0 bridgehead atoms. The second-order valence-corrected chi connectivity index (χ2v) is 7.45. The molecular weight excluding hydrogens is 328 g/mol. The van der Waals surface area contributed by atoms with Crippen molar-refractivity contribution in [3.63, 3.8) is 0 Å². The van der Waals surface area contributed by atoms with Crippen LogP contribution >= 0.6 is 23.4 Å². The molecule has 10 heteroatoms. The van der Waals surface area contributed by atoms with Gasteiger partial charge in [-0.25, -0.2) is 4.68 Å². The first-order chi connectivity index (χ1) is 10.8. The Morgan fingerprint density at radius 3 is 2.78 bits per heavy atom. The molecule has 1 amide bonds. The van der Waals surface area contributed by atoms with Gasteiger partial charge < -0.3 is 4.90 Å². The fraction of sp³-hybridized carbons (Fsp3) is 0.308. The molecule has 0 aliphatic heterocycles. The summed E-state index contributed by atoms with van der Waals surface area (Å²) in [5.41, 5.74) is 1.42. The van der Waals surface area contributed by atoms with Gasteiger partial charge in [0.15, 0.2) is 5.15 Å².